The largest absolute Gasteiger partial charge is 0.478 e. The number of hydrazine groups is 1. The first kappa shape index (κ1) is 28.3. The summed E-state index contributed by atoms with van der Waals surface area (Å²) in [7, 11) is 0. The number of carboxylic acid groups (broad SMARTS) is 1. The zero-order chi connectivity index (χ0) is 28.8. The number of carbonyl (C=O) groups excluding carboxylic acids is 3. The number of thioether (sulfide) groups is 1. The predicted molar refractivity (Wildman–Crippen MR) is 149 cm³/mol. The number of carboxylic acids is 1. The molecule has 0 spiro atoms. The molecule has 4 rings (SSSR count). The number of anilines is 1. The number of carbonyl (C=O) groups is 4. The van der Waals surface area contributed by atoms with Gasteiger partial charge in [0.2, 0.25) is 11.8 Å². The molecule has 0 unspecified atom stereocenters. The molecule has 0 bridgehead atoms. The molecular weight excluding hydrogens is 540 g/mol. The maximum absolute atomic E-state index is 12.4. The maximum atomic E-state index is 12.4. The van der Waals surface area contributed by atoms with E-state index in [-0.39, 0.29) is 28.2 Å². The molecule has 0 saturated heterocycles. The Morgan fingerprint density at radius 1 is 0.925 bits per heavy atom. The Kier molecular flexibility index (Phi) is 8.79. The summed E-state index contributed by atoms with van der Waals surface area (Å²) in [6.45, 7) is 1.46. The number of aryl methyl sites for hydroxylation is 1. The van der Waals surface area contributed by atoms with Gasteiger partial charge in [-0.25, -0.2) is 10.7 Å². The van der Waals surface area contributed by atoms with Crippen LogP contribution in [0.4, 0.5) is 5.69 Å². The second-order valence-corrected chi connectivity index (χ2v) is 9.63. The number of fused-ring (bicyclic) bond motifs is 2. The van der Waals surface area contributed by atoms with E-state index < -0.39 is 30.3 Å². The average Bonchev–Trinajstić information content (AvgIpc) is 2.90. The lowest BCUT2D eigenvalue weighted by atomic mass is 9.90. The quantitative estimate of drug-likeness (QED) is 0.149. The van der Waals surface area contributed by atoms with Gasteiger partial charge in [0.25, 0.3) is 5.91 Å². The molecule has 3 amide bonds. The van der Waals surface area contributed by atoms with Gasteiger partial charge in [-0.05, 0) is 48.4 Å². The Bertz CT molecular complexity index is 1650. The van der Waals surface area contributed by atoms with Crippen molar-refractivity contribution in [3.63, 3.8) is 0 Å². The van der Waals surface area contributed by atoms with Gasteiger partial charge < -0.3 is 14.8 Å². The van der Waals surface area contributed by atoms with Gasteiger partial charge in [0.1, 0.15) is 18.0 Å². The van der Waals surface area contributed by atoms with E-state index in [0.29, 0.717) is 33.4 Å². The Hall–Kier alpha value is -4.72. The molecule has 6 N–H and O–H groups in total. The highest BCUT2D eigenvalue weighted by molar-refractivity contribution is 8.00. The number of hydrogen-bond acceptors (Lipinski definition) is 9. The van der Waals surface area contributed by atoms with E-state index in [1.807, 2.05) is 25.1 Å². The number of rotatable bonds is 9. The van der Waals surface area contributed by atoms with Gasteiger partial charge in [0.15, 0.2) is 5.43 Å². The molecule has 12 nitrogen and oxygen atoms in total. The van der Waals surface area contributed by atoms with Crippen molar-refractivity contribution in [3.05, 3.63) is 75.9 Å². The van der Waals surface area contributed by atoms with Gasteiger partial charge in [-0.15, -0.1) is 11.8 Å². The molecule has 0 radical (unpaired) electrons. The highest BCUT2D eigenvalue weighted by atomic mass is 32.2. The molecule has 0 fully saturated rings. The van der Waals surface area contributed by atoms with Crippen molar-refractivity contribution in [1.29, 1.82) is 0 Å². The lowest BCUT2D eigenvalue weighted by molar-refractivity contribution is -0.130. The standard InChI is InChI=1S/C27H24N4O8S/c1-14-2-5-18-21(8-14)39-22-10-16(32)4-7-19(22)26(18)17-6-3-15(9-20(17)27(36)37)29-24(34)12-40-13-25(35)31-30-23(33)11-38-28/h2-10H,11-13,28H2,1H3,(H,29,34)(H,30,33)(H,31,35)(H,36,37). The summed E-state index contributed by atoms with van der Waals surface area (Å²) in [4.78, 5) is 63.9. The molecule has 2 aromatic rings. The zero-order valence-corrected chi connectivity index (χ0v) is 21.9. The molecular formula is C27H24N4O8S. The van der Waals surface area contributed by atoms with Crippen molar-refractivity contribution in [2.45, 2.75) is 6.92 Å². The monoisotopic (exact) mass is 564 g/mol. The van der Waals surface area contributed by atoms with E-state index in [4.69, 9.17) is 10.3 Å². The van der Waals surface area contributed by atoms with Crippen LogP contribution < -0.4 is 27.5 Å². The van der Waals surface area contributed by atoms with Crippen molar-refractivity contribution < 1.29 is 33.5 Å². The number of benzene rings is 3. The third-order valence-corrected chi connectivity index (χ3v) is 6.61. The van der Waals surface area contributed by atoms with E-state index in [2.05, 4.69) is 21.0 Å². The molecule has 40 heavy (non-hydrogen) atoms. The number of hydrogen-bond donors (Lipinski definition) is 5. The molecule has 13 heteroatoms. The molecule has 206 valence electrons. The van der Waals surface area contributed by atoms with Crippen molar-refractivity contribution in [3.8, 4) is 22.5 Å². The van der Waals surface area contributed by atoms with Crippen molar-refractivity contribution in [2.24, 2.45) is 5.90 Å². The van der Waals surface area contributed by atoms with E-state index in [9.17, 15) is 29.1 Å². The molecule has 0 aromatic heterocycles. The van der Waals surface area contributed by atoms with Gasteiger partial charge in [-0.1, -0.05) is 18.2 Å². The van der Waals surface area contributed by atoms with Crippen LogP contribution >= 0.6 is 11.8 Å². The second-order valence-electron chi connectivity index (χ2n) is 8.65. The molecule has 0 atom stereocenters. The Balaban J connectivity index is 1.56. The summed E-state index contributed by atoms with van der Waals surface area (Å²) in [5.41, 5.74) is 7.13. The van der Waals surface area contributed by atoms with E-state index in [0.717, 1.165) is 17.3 Å². The van der Waals surface area contributed by atoms with Gasteiger partial charge in [0, 0.05) is 28.3 Å². The second kappa shape index (κ2) is 12.4. The average molecular weight is 565 g/mol. The van der Waals surface area contributed by atoms with E-state index >= 15 is 0 Å². The minimum Gasteiger partial charge on any atom is -0.478 e. The third-order valence-electron chi connectivity index (χ3n) is 5.67. The highest BCUT2D eigenvalue weighted by Crippen LogP contribution is 2.41. The van der Waals surface area contributed by atoms with Gasteiger partial charge in [-0.3, -0.25) is 34.9 Å². The predicted octanol–water partition coefficient (Wildman–Crippen LogP) is 2.28. The lowest BCUT2D eigenvalue weighted by Crippen LogP contribution is -2.44. The van der Waals surface area contributed by atoms with Crippen LogP contribution in [0.2, 0.25) is 0 Å². The molecule has 0 saturated carbocycles. The summed E-state index contributed by atoms with van der Waals surface area (Å²) in [6.07, 6.45) is 0. The molecule has 1 aliphatic carbocycles. The molecule has 2 aliphatic rings. The summed E-state index contributed by atoms with van der Waals surface area (Å²) in [6, 6.07) is 14.4. The smallest absolute Gasteiger partial charge is 0.336 e. The Labute approximate surface area is 231 Å². The summed E-state index contributed by atoms with van der Waals surface area (Å²) < 4.78 is 5.97. The van der Waals surface area contributed by atoms with Crippen LogP contribution in [0.5, 0.6) is 0 Å². The number of amides is 3. The fourth-order valence-corrected chi connectivity index (χ4v) is 4.62. The van der Waals surface area contributed by atoms with Crippen LogP contribution in [0.1, 0.15) is 15.9 Å². The van der Waals surface area contributed by atoms with Crippen LogP contribution in [0.25, 0.3) is 33.4 Å². The molecule has 2 aromatic carbocycles. The number of nitrogens with one attached hydrogen (secondary N) is 3. The van der Waals surface area contributed by atoms with Crippen LogP contribution in [0.3, 0.4) is 0 Å². The highest BCUT2D eigenvalue weighted by Gasteiger charge is 2.22. The Morgan fingerprint density at radius 3 is 2.40 bits per heavy atom. The maximum Gasteiger partial charge on any atom is 0.336 e. The summed E-state index contributed by atoms with van der Waals surface area (Å²) in [5, 5.41) is 13.4. The summed E-state index contributed by atoms with van der Waals surface area (Å²) >= 11 is 0.986. The number of nitrogens with two attached hydrogens (primary N) is 1. The topological polar surface area (TPSA) is 190 Å². The first-order valence-electron chi connectivity index (χ1n) is 11.8. The van der Waals surface area contributed by atoms with Crippen molar-refractivity contribution in [2.75, 3.05) is 23.4 Å². The van der Waals surface area contributed by atoms with E-state index in [1.54, 1.807) is 18.2 Å². The van der Waals surface area contributed by atoms with Crippen LogP contribution in [-0.4, -0.2) is 46.9 Å². The minimum absolute atomic E-state index is 0.0670. The van der Waals surface area contributed by atoms with Gasteiger partial charge >= 0.3 is 5.97 Å². The van der Waals surface area contributed by atoms with Crippen LogP contribution in [0.15, 0.2) is 63.8 Å². The normalized spacial score (nSPS) is 10.8. The van der Waals surface area contributed by atoms with Gasteiger partial charge in [-0.2, -0.15) is 0 Å². The zero-order valence-electron chi connectivity index (χ0n) is 21.1. The van der Waals surface area contributed by atoms with Crippen molar-refractivity contribution >= 4 is 52.1 Å². The first-order valence-corrected chi connectivity index (χ1v) is 12.9. The van der Waals surface area contributed by atoms with E-state index in [1.165, 1.54) is 18.2 Å². The number of aromatic carboxylic acids is 1. The fraction of sp³-hybridized carbons (Fsp3) is 0.148. The van der Waals surface area contributed by atoms with Crippen molar-refractivity contribution in [1.82, 2.24) is 10.9 Å². The molecule has 1 aliphatic heterocycles. The van der Waals surface area contributed by atoms with Crippen LogP contribution in [0, 0.1) is 6.92 Å². The SMILES string of the molecule is Cc1ccc2c(-c3ccc(NC(=O)CSCC(=O)NNC(=O)CON)cc3C(=O)O)c3ccc(=O)cc-3oc2c1. The van der Waals surface area contributed by atoms with Gasteiger partial charge in [0.05, 0.1) is 17.1 Å². The molecule has 1 heterocycles. The minimum atomic E-state index is -1.21. The lowest BCUT2D eigenvalue weighted by Gasteiger charge is -2.17. The Morgan fingerprint density at radius 2 is 1.65 bits per heavy atom. The third kappa shape index (κ3) is 6.64. The summed E-state index contributed by atoms with van der Waals surface area (Å²) in [5.74, 6) is 1.98. The first-order chi connectivity index (χ1) is 19.2. The fourth-order valence-electron chi connectivity index (χ4n) is 4.01. The van der Waals surface area contributed by atoms with Crippen LogP contribution in [-0.2, 0) is 19.2 Å².